The highest BCUT2D eigenvalue weighted by atomic mass is 32.1. The molecule has 6 heteroatoms. The van der Waals surface area contributed by atoms with E-state index in [-0.39, 0.29) is 17.1 Å². The second-order valence-electron chi connectivity index (χ2n) is 8.42. The Balaban J connectivity index is 1.81. The van der Waals surface area contributed by atoms with Gasteiger partial charge in [-0.25, -0.2) is 4.98 Å². The Bertz CT molecular complexity index is 1430. The first-order valence-electron chi connectivity index (χ1n) is 10.7. The molecule has 0 aliphatic carbocycles. The summed E-state index contributed by atoms with van der Waals surface area (Å²) < 4.78 is 6.10. The molecule has 0 saturated heterocycles. The number of rotatable bonds is 3. The number of benzene rings is 2. The van der Waals surface area contributed by atoms with Gasteiger partial charge >= 0.3 is 0 Å². The minimum atomic E-state index is -0.574. The highest BCUT2D eigenvalue weighted by Gasteiger charge is 2.45. The second kappa shape index (κ2) is 7.41. The van der Waals surface area contributed by atoms with Gasteiger partial charge in [0.05, 0.1) is 22.7 Å². The Morgan fingerprint density at radius 2 is 1.72 bits per heavy atom. The summed E-state index contributed by atoms with van der Waals surface area (Å²) >= 11 is 1.46. The first-order chi connectivity index (χ1) is 15.3. The molecule has 1 atom stereocenters. The van der Waals surface area contributed by atoms with Crippen LogP contribution >= 0.6 is 11.3 Å². The van der Waals surface area contributed by atoms with Crippen molar-refractivity contribution < 1.29 is 9.21 Å². The number of hydrogen-bond donors (Lipinski definition) is 0. The average molecular weight is 445 g/mol. The van der Waals surface area contributed by atoms with Gasteiger partial charge in [-0.05, 0) is 68.5 Å². The summed E-state index contributed by atoms with van der Waals surface area (Å²) in [5, 5.41) is 1.08. The van der Waals surface area contributed by atoms with E-state index in [0.29, 0.717) is 21.7 Å². The Labute approximate surface area is 190 Å². The van der Waals surface area contributed by atoms with Crippen molar-refractivity contribution in [1.29, 1.82) is 0 Å². The van der Waals surface area contributed by atoms with Gasteiger partial charge in [0.1, 0.15) is 5.58 Å². The van der Waals surface area contributed by atoms with E-state index in [1.165, 1.54) is 16.9 Å². The van der Waals surface area contributed by atoms with E-state index in [1.807, 2.05) is 64.1 Å². The lowest BCUT2D eigenvalue weighted by Gasteiger charge is -2.22. The standard InChI is InChI=1S/C26H24N2O3S/c1-6-17-7-9-18(10-8-17)22-21-23(29)19-11-13(2)14(3)12-20(19)31-24(21)25(30)28(22)26-27-15(4)16(5)32-26/h7-12,22H,6H2,1-5H3. The number of nitrogens with zero attached hydrogens (tertiary/aromatic N) is 2. The van der Waals surface area contributed by atoms with Gasteiger partial charge in [-0.3, -0.25) is 14.5 Å². The van der Waals surface area contributed by atoms with Crippen molar-refractivity contribution in [3.63, 3.8) is 0 Å². The normalized spacial score (nSPS) is 15.6. The maximum atomic E-state index is 13.7. The molecule has 5 nitrogen and oxygen atoms in total. The molecule has 0 saturated carbocycles. The molecular formula is C26H24N2O3S. The molecule has 32 heavy (non-hydrogen) atoms. The fourth-order valence-corrected chi connectivity index (χ4v) is 5.17. The fourth-order valence-electron chi connectivity index (χ4n) is 4.24. The molecule has 0 radical (unpaired) electrons. The van der Waals surface area contributed by atoms with Gasteiger partial charge in [0.15, 0.2) is 10.6 Å². The SMILES string of the molecule is CCc1ccc(C2c3c(oc4cc(C)c(C)cc4c3=O)C(=O)N2c2nc(C)c(C)s2)cc1. The van der Waals surface area contributed by atoms with Crippen LogP contribution in [0.25, 0.3) is 11.0 Å². The number of aryl methyl sites for hydroxylation is 5. The fraction of sp³-hybridized carbons (Fsp3) is 0.269. The molecule has 162 valence electrons. The largest absolute Gasteiger partial charge is 0.450 e. The van der Waals surface area contributed by atoms with Crippen molar-refractivity contribution in [1.82, 2.24) is 4.98 Å². The van der Waals surface area contributed by atoms with Gasteiger partial charge in [-0.2, -0.15) is 0 Å². The lowest BCUT2D eigenvalue weighted by molar-refractivity contribution is 0.0971. The lowest BCUT2D eigenvalue weighted by atomic mass is 9.96. The summed E-state index contributed by atoms with van der Waals surface area (Å²) in [4.78, 5) is 34.7. The molecule has 5 rings (SSSR count). The van der Waals surface area contributed by atoms with Gasteiger partial charge < -0.3 is 4.42 Å². The number of thiazole rings is 1. The van der Waals surface area contributed by atoms with Crippen molar-refractivity contribution in [2.75, 3.05) is 4.90 Å². The quantitative estimate of drug-likeness (QED) is 0.401. The van der Waals surface area contributed by atoms with Crippen molar-refractivity contribution in [3.8, 4) is 0 Å². The molecule has 0 N–H and O–H groups in total. The van der Waals surface area contributed by atoms with Crippen molar-refractivity contribution in [3.05, 3.63) is 90.8 Å². The monoisotopic (exact) mass is 444 g/mol. The Hall–Kier alpha value is -3.25. The average Bonchev–Trinajstić information content (AvgIpc) is 3.26. The maximum absolute atomic E-state index is 13.7. The zero-order valence-corrected chi connectivity index (χ0v) is 19.6. The number of carbonyl (C=O) groups excluding carboxylic acids is 1. The number of hydrogen-bond acceptors (Lipinski definition) is 5. The van der Waals surface area contributed by atoms with Crippen LogP contribution in [-0.2, 0) is 6.42 Å². The molecule has 1 unspecified atom stereocenters. The van der Waals surface area contributed by atoms with Gasteiger partial charge in [0.2, 0.25) is 5.76 Å². The Morgan fingerprint density at radius 3 is 2.34 bits per heavy atom. The van der Waals surface area contributed by atoms with Crippen molar-refractivity contribution in [2.24, 2.45) is 0 Å². The molecule has 0 fully saturated rings. The zero-order chi connectivity index (χ0) is 22.7. The van der Waals surface area contributed by atoms with Crippen LogP contribution in [0.15, 0.2) is 45.6 Å². The molecule has 1 aliphatic rings. The third-order valence-electron chi connectivity index (χ3n) is 6.41. The minimum absolute atomic E-state index is 0.112. The smallest absolute Gasteiger partial charge is 0.297 e. The summed E-state index contributed by atoms with van der Waals surface area (Å²) in [7, 11) is 0. The van der Waals surface area contributed by atoms with E-state index >= 15 is 0 Å². The van der Waals surface area contributed by atoms with Crippen LogP contribution in [0, 0.1) is 27.7 Å². The van der Waals surface area contributed by atoms with Crippen LogP contribution in [0.3, 0.4) is 0 Å². The molecule has 2 aromatic heterocycles. The summed E-state index contributed by atoms with van der Waals surface area (Å²) in [5.41, 5.74) is 5.65. The van der Waals surface area contributed by atoms with Crippen molar-refractivity contribution in [2.45, 2.75) is 47.1 Å². The molecule has 0 spiro atoms. The predicted molar refractivity (Wildman–Crippen MR) is 128 cm³/mol. The summed E-state index contributed by atoms with van der Waals surface area (Å²) in [6.07, 6.45) is 0.917. The number of anilines is 1. The van der Waals surface area contributed by atoms with E-state index < -0.39 is 6.04 Å². The second-order valence-corrected chi connectivity index (χ2v) is 9.60. The highest BCUT2D eigenvalue weighted by molar-refractivity contribution is 7.15. The topological polar surface area (TPSA) is 63.4 Å². The van der Waals surface area contributed by atoms with E-state index in [0.717, 1.165) is 33.7 Å². The summed E-state index contributed by atoms with van der Waals surface area (Å²) in [5.74, 6) is -0.212. The van der Waals surface area contributed by atoms with Gasteiger partial charge in [-0.1, -0.05) is 31.2 Å². The van der Waals surface area contributed by atoms with Gasteiger partial charge in [-0.15, -0.1) is 11.3 Å². The Kier molecular flexibility index (Phi) is 4.78. The molecule has 3 heterocycles. The third-order valence-corrected chi connectivity index (χ3v) is 7.49. The first kappa shape index (κ1) is 20.6. The van der Waals surface area contributed by atoms with Gasteiger partial charge in [0.25, 0.3) is 5.91 Å². The number of aromatic nitrogens is 1. The van der Waals surface area contributed by atoms with E-state index in [1.54, 1.807) is 4.90 Å². The number of carbonyl (C=O) groups is 1. The molecule has 0 bridgehead atoms. The molecule has 2 aromatic carbocycles. The highest BCUT2D eigenvalue weighted by Crippen LogP contribution is 2.43. The number of amides is 1. The minimum Gasteiger partial charge on any atom is -0.450 e. The van der Waals surface area contributed by atoms with Crippen LogP contribution < -0.4 is 10.3 Å². The summed E-state index contributed by atoms with van der Waals surface area (Å²) in [6, 6.07) is 11.2. The maximum Gasteiger partial charge on any atom is 0.297 e. The molecule has 4 aromatic rings. The molecule has 1 amide bonds. The van der Waals surface area contributed by atoms with Crippen LogP contribution in [0.5, 0.6) is 0 Å². The van der Waals surface area contributed by atoms with Crippen LogP contribution in [-0.4, -0.2) is 10.9 Å². The zero-order valence-electron chi connectivity index (χ0n) is 18.8. The Morgan fingerprint density at radius 1 is 1.03 bits per heavy atom. The van der Waals surface area contributed by atoms with Crippen LogP contribution in [0.4, 0.5) is 5.13 Å². The van der Waals surface area contributed by atoms with E-state index in [2.05, 4.69) is 11.9 Å². The first-order valence-corrected chi connectivity index (χ1v) is 11.6. The van der Waals surface area contributed by atoms with Gasteiger partial charge in [0, 0.05) is 4.88 Å². The lowest BCUT2D eigenvalue weighted by Crippen LogP contribution is -2.29. The molecular weight excluding hydrogens is 420 g/mol. The van der Waals surface area contributed by atoms with E-state index in [4.69, 9.17) is 4.42 Å². The van der Waals surface area contributed by atoms with Crippen molar-refractivity contribution >= 4 is 33.3 Å². The predicted octanol–water partition coefficient (Wildman–Crippen LogP) is 5.80. The number of fused-ring (bicyclic) bond motifs is 2. The summed E-state index contributed by atoms with van der Waals surface area (Å²) in [6.45, 7) is 9.95. The van der Waals surface area contributed by atoms with E-state index in [9.17, 15) is 9.59 Å². The molecule has 1 aliphatic heterocycles. The van der Waals surface area contributed by atoms with Crippen LogP contribution in [0.1, 0.15) is 61.9 Å². The van der Waals surface area contributed by atoms with Crippen LogP contribution in [0.2, 0.25) is 0 Å². The third kappa shape index (κ3) is 3.01.